The van der Waals surface area contributed by atoms with Gasteiger partial charge in [-0.3, -0.25) is 9.79 Å². The zero-order chi connectivity index (χ0) is 21.3. The molecule has 0 fully saturated rings. The predicted molar refractivity (Wildman–Crippen MR) is 111 cm³/mol. The van der Waals surface area contributed by atoms with E-state index in [0.29, 0.717) is 29.6 Å². The highest BCUT2D eigenvalue weighted by molar-refractivity contribution is 5.86. The number of benzene rings is 1. The molecule has 1 amide bonds. The molecule has 0 radical (unpaired) electrons. The molecule has 0 saturated heterocycles. The fraction of sp³-hybridized carbons (Fsp3) is 0.600. The van der Waals surface area contributed by atoms with Crippen LogP contribution >= 0.6 is 0 Å². The normalized spacial score (nSPS) is 12.9. The van der Waals surface area contributed by atoms with Crippen LogP contribution in [0.5, 0.6) is 11.5 Å². The van der Waals surface area contributed by atoms with Gasteiger partial charge in [0.2, 0.25) is 5.91 Å². The molecule has 8 heteroatoms. The predicted octanol–water partition coefficient (Wildman–Crippen LogP) is 1.55. The second kappa shape index (κ2) is 10.8. The summed E-state index contributed by atoms with van der Waals surface area (Å²) in [5, 5.41) is 16.6. The number of carbonyl (C=O) groups excluding carboxylic acids is 1. The third-order valence-electron chi connectivity index (χ3n) is 3.76. The summed E-state index contributed by atoms with van der Waals surface area (Å²) in [6.45, 7) is 8.68. The first kappa shape index (κ1) is 23.6. The molecule has 158 valence electrons. The maximum atomic E-state index is 12.2. The highest BCUT2D eigenvalue weighted by Crippen LogP contribution is 2.26. The standard InChI is InChI=1S/C20H34N4O4/c1-8-21-19(24(5)13-18(26)23-20(2,3)4)22-12-17(25)14-9-15(27-6)11-16(10-14)28-7/h9-11,17,25H,8,12-13H2,1-7H3,(H,21,22)(H,23,26). The monoisotopic (exact) mass is 394 g/mol. The molecule has 0 aliphatic heterocycles. The van der Waals surface area contributed by atoms with Crippen molar-refractivity contribution in [1.82, 2.24) is 15.5 Å². The van der Waals surface area contributed by atoms with Crippen molar-refractivity contribution < 1.29 is 19.4 Å². The van der Waals surface area contributed by atoms with Gasteiger partial charge in [-0.2, -0.15) is 0 Å². The lowest BCUT2D eigenvalue weighted by Crippen LogP contribution is -2.48. The van der Waals surface area contributed by atoms with E-state index in [-0.39, 0.29) is 24.5 Å². The second-order valence-corrected chi connectivity index (χ2v) is 7.51. The van der Waals surface area contributed by atoms with Crippen molar-refractivity contribution in [2.45, 2.75) is 39.3 Å². The maximum absolute atomic E-state index is 12.2. The molecule has 1 atom stereocenters. The smallest absolute Gasteiger partial charge is 0.240 e. The minimum Gasteiger partial charge on any atom is -0.497 e. The molecule has 8 nitrogen and oxygen atoms in total. The van der Waals surface area contributed by atoms with E-state index in [2.05, 4.69) is 15.6 Å². The summed E-state index contributed by atoms with van der Waals surface area (Å²) in [6, 6.07) is 5.23. The van der Waals surface area contributed by atoms with Crippen LogP contribution < -0.4 is 20.1 Å². The van der Waals surface area contributed by atoms with Gasteiger partial charge in [0.05, 0.1) is 33.4 Å². The van der Waals surface area contributed by atoms with E-state index >= 15 is 0 Å². The SMILES string of the molecule is CCNC(=NCC(O)c1cc(OC)cc(OC)c1)N(C)CC(=O)NC(C)(C)C. The molecule has 0 aromatic heterocycles. The number of aliphatic hydroxyl groups is 1. The number of rotatable bonds is 8. The Hall–Kier alpha value is -2.48. The van der Waals surface area contributed by atoms with E-state index in [0.717, 1.165) is 0 Å². The highest BCUT2D eigenvalue weighted by Gasteiger charge is 2.17. The number of hydrogen-bond acceptors (Lipinski definition) is 5. The molecule has 1 aromatic carbocycles. The molecule has 0 saturated carbocycles. The average molecular weight is 395 g/mol. The van der Waals surface area contributed by atoms with E-state index in [9.17, 15) is 9.90 Å². The molecule has 3 N–H and O–H groups in total. The van der Waals surface area contributed by atoms with E-state index in [4.69, 9.17) is 9.47 Å². The number of nitrogens with zero attached hydrogens (tertiary/aromatic N) is 2. The summed E-state index contributed by atoms with van der Waals surface area (Å²) in [6.07, 6.45) is -0.838. The molecule has 1 unspecified atom stereocenters. The average Bonchev–Trinajstić information content (AvgIpc) is 2.62. The quantitative estimate of drug-likeness (QED) is 0.457. The van der Waals surface area contributed by atoms with Crippen LogP contribution in [0.15, 0.2) is 23.2 Å². The van der Waals surface area contributed by atoms with Crippen molar-refractivity contribution >= 4 is 11.9 Å². The molecule has 1 rings (SSSR count). The van der Waals surface area contributed by atoms with E-state index in [1.807, 2.05) is 27.7 Å². The number of nitrogens with one attached hydrogen (secondary N) is 2. The lowest BCUT2D eigenvalue weighted by Gasteiger charge is -2.25. The van der Waals surface area contributed by atoms with Crippen LogP contribution in [0.3, 0.4) is 0 Å². The third kappa shape index (κ3) is 8.04. The van der Waals surface area contributed by atoms with Crippen LogP contribution in [0.1, 0.15) is 39.4 Å². The molecule has 0 bridgehead atoms. The Morgan fingerprint density at radius 2 is 1.79 bits per heavy atom. The zero-order valence-corrected chi connectivity index (χ0v) is 18.0. The summed E-state index contributed by atoms with van der Waals surface area (Å²) < 4.78 is 10.5. The van der Waals surface area contributed by atoms with Gasteiger partial charge in [0.1, 0.15) is 11.5 Å². The number of amides is 1. The Bertz CT molecular complexity index is 648. The first-order chi connectivity index (χ1) is 13.1. The number of ether oxygens (including phenoxy) is 2. The van der Waals surface area contributed by atoms with E-state index in [1.165, 1.54) is 0 Å². The number of aliphatic imine (C=N–C) groups is 1. The van der Waals surface area contributed by atoms with Crippen molar-refractivity contribution in [2.75, 3.05) is 40.9 Å². The molecule has 0 heterocycles. The van der Waals surface area contributed by atoms with E-state index in [1.54, 1.807) is 44.4 Å². The molecule has 0 aliphatic rings. The van der Waals surface area contributed by atoms with Crippen molar-refractivity contribution in [2.24, 2.45) is 4.99 Å². The molecule has 1 aromatic rings. The molecule has 0 aliphatic carbocycles. The largest absolute Gasteiger partial charge is 0.497 e. The summed E-state index contributed by atoms with van der Waals surface area (Å²) in [7, 11) is 4.90. The molecule has 28 heavy (non-hydrogen) atoms. The Morgan fingerprint density at radius 1 is 1.21 bits per heavy atom. The van der Waals surface area contributed by atoms with Gasteiger partial charge in [-0.25, -0.2) is 0 Å². The van der Waals surface area contributed by atoms with Gasteiger partial charge in [-0.05, 0) is 45.4 Å². The van der Waals surface area contributed by atoms with Crippen LogP contribution in [0.4, 0.5) is 0 Å². The Kier molecular flexibility index (Phi) is 9.05. The number of carbonyl (C=O) groups is 1. The van der Waals surface area contributed by atoms with Gasteiger partial charge in [0.15, 0.2) is 5.96 Å². The number of aliphatic hydroxyl groups excluding tert-OH is 1. The topological polar surface area (TPSA) is 95.4 Å². The Balaban J connectivity index is 2.87. The minimum absolute atomic E-state index is 0.0984. The highest BCUT2D eigenvalue weighted by atomic mass is 16.5. The third-order valence-corrected chi connectivity index (χ3v) is 3.76. The van der Waals surface area contributed by atoms with Gasteiger partial charge in [-0.15, -0.1) is 0 Å². The Morgan fingerprint density at radius 3 is 2.25 bits per heavy atom. The number of guanidine groups is 1. The van der Waals surface area contributed by atoms with Crippen LogP contribution in [0, 0.1) is 0 Å². The fourth-order valence-corrected chi connectivity index (χ4v) is 2.52. The molecule has 0 spiro atoms. The van der Waals surface area contributed by atoms with Gasteiger partial charge in [-0.1, -0.05) is 0 Å². The van der Waals surface area contributed by atoms with Crippen LogP contribution in [0.25, 0.3) is 0 Å². The van der Waals surface area contributed by atoms with Crippen molar-refractivity contribution in [1.29, 1.82) is 0 Å². The van der Waals surface area contributed by atoms with Crippen molar-refractivity contribution in [3.63, 3.8) is 0 Å². The van der Waals surface area contributed by atoms with E-state index < -0.39 is 6.10 Å². The first-order valence-corrected chi connectivity index (χ1v) is 9.31. The van der Waals surface area contributed by atoms with Crippen molar-refractivity contribution in [3.05, 3.63) is 23.8 Å². The fourth-order valence-electron chi connectivity index (χ4n) is 2.52. The first-order valence-electron chi connectivity index (χ1n) is 9.31. The number of likely N-dealkylation sites (N-methyl/N-ethyl adjacent to an activating group) is 1. The molecular formula is C20H34N4O4. The lowest BCUT2D eigenvalue weighted by molar-refractivity contribution is -0.122. The van der Waals surface area contributed by atoms with Gasteiger partial charge in [0, 0.05) is 25.2 Å². The zero-order valence-electron chi connectivity index (χ0n) is 18.0. The maximum Gasteiger partial charge on any atom is 0.240 e. The summed E-state index contributed by atoms with van der Waals surface area (Å²) in [5.74, 6) is 1.64. The minimum atomic E-state index is -0.838. The van der Waals surface area contributed by atoms with Gasteiger partial charge < -0.3 is 30.1 Å². The van der Waals surface area contributed by atoms with Crippen LogP contribution in [-0.2, 0) is 4.79 Å². The van der Waals surface area contributed by atoms with Crippen LogP contribution in [-0.4, -0.2) is 68.3 Å². The van der Waals surface area contributed by atoms with Gasteiger partial charge >= 0.3 is 0 Å². The summed E-state index contributed by atoms with van der Waals surface area (Å²) in [5.41, 5.74) is 0.346. The number of methoxy groups -OCH3 is 2. The molecular weight excluding hydrogens is 360 g/mol. The summed E-state index contributed by atoms with van der Waals surface area (Å²) >= 11 is 0. The second-order valence-electron chi connectivity index (χ2n) is 7.51. The lowest BCUT2D eigenvalue weighted by atomic mass is 10.1. The van der Waals surface area contributed by atoms with Crippen molar-refractivity contribution in [3.8, 4) is 11.5 Å². The number of hydrogen-bond donors (Lipinski definition) is 3. The van der Waals surface area contributed by atoms with Gasteiger partial charge in [0.25, 0.3) is 0 Å². The van der Waals surface area contributed by atoms with Crippen LogP contribution in [0.2, 0.25) is 0 Å². The Labute approximate surface area is 167 Å². The summed E-state index contributed by atoms with van der Waals surface area (Å²) in [4.78, 5) is 18.4.